The van der Waals surface area contributed by atoms with Gasteiger partial charge in [0.15, 0.2) is 11.5 Å². The normalized spacial score (nSPS) is 20.9. The zero-order valence-corrected chi connectivity index (χ0v) is 9.59. The van der Waals surface area contributed by atoms with Gasteiger partial charge in [-0.25, -0.2) is 0 Å². The van der Waals surface area contributed by atoms with Gasteiger partial charge < -0.3 is 15.5 Å². The number of benzene rings is 1. The summed E-state index contributed by atoms with van der Waals surface area (Å²) < 4.78 is 38.7. The van der Waals surface area contributed by atoms with E-state index in [0.29, 0.717) is 13.0 Å². The number of hydrogen-bond donors (Lipinski definition) is 3. The van der Waals surface area contributed by atoms with E-state index in [1.165, 1.54) is 0 Å². The van der Waals surface area contributed by atoms with Gasteiger partial charge in [0.1, 0.15) is 0 Å². The molecule has 1 heterocycles. The molecular formula is C12H14F3NO2. The lowest BCUT2D eigenvalue weighted by atomic mass is 9.87. The molecule has 0 radical (unpaired) electrons. The lowest BCUT2D eigenvalue weighted by molar-refractivity contribution is -0.138. The van der Waals surface area contributed by atoms with Crippen LogP contribution in [0.3, 0.4) is 0 Å². The molecule has 0 amide bonds. The van der Waals surface area contributed by atoms with E-state index in [2.05, 4.69) is 5.32 Å². The van der Waals surface area contributed by atoms with Gasteiger partial charge in [-0.05, 0) is 31.5 Å². The molecule has 1 aromatic carbocycles. The fourth-order valence-corrected chi connectivity index (χ4v) is 2.36. The Morgan fingerprint density at radius 3 is 2.50 bits per heavy atom. The van der Waals surface area contributed by atoms with Crippen molar-refractivity contribution in [2.45, 2.75) is 24.9 Å². The third-order valence-corrected chi connectivity index (χ3v) is 3.21. The Bertz CT molecular complexity index is 440. The number of nitrogens with one attached hydrogen (secondary N) is 1. The van der Waals surface area contributed by atoms with Gasteiger partial charge >= 0.3 is 6.18 Å². The molecular weight excluding hydrogens is 247 g/mol. The first-order valence-electron chi connectivity index (χ1n) is 5.74. The zero-order chi connectivity index (χ0) is 13.3. The second-order valence-corrected chi connectivity index (χ2v) is 4.44. The van der Waals surface area contributed by atoms with E-state index in [1.807, 2.05) is 0 Å². The number of alkyl halides is 3. The van der Waals surface area contributed by atoms with Gasteiger partial charge in [-0.3, -0.25) is 0 Å². The van der Waals surface area contributed by atoms with Crippen molar-refractivity contribution in [1.29, 1.82) is 0 Å². The average Bonchev–Trinajstić information content (AvgIpc) is 2.32. The summed E-state index contributed by atoms with van der Waals surface area (Å²) in [6, 6.07) is 1.69. The summed E-state index contributed by atoms with van der Waals surface area (Å²) >= 11 is 0. The fraction of sp³-hybridized carbons (Fsp3) is 0.500. The molecule has 0 bridgehead atoms. The second kappa shape index (κ2) is 4.68. The first-order valence-corrected chi connectivity index (χ1v) is 5.74. The summed E-state index contributed by atoms with van der Waals surface area (Å²) in [4.78, 5) is 0. The van der Waals surface area contributed by atoms with Crippen LogP contribution in [0.15, 0.2) is 12.1 Å². The molecule has 100 valence electrons. The van der Waals surface area contributed by atoms with E-state index in [-0.39, 0.29) is 5.56 Å². The van der Waals surface area contributed by atoms with Crippen molar-refractivity contribution in [1.82, 2.24) is 5.32 Å². The summed E-state index contributed by atoms with van der Waals surface area (Å²) in [5.74, 6) is -1.59. The maximum Gasteiger partial charge on any atom is 0.416 e. The second-order valence-electron chi connectivity index (χ2n) is 4.44. The van der Waals surface area contributed by atoms with Crippen molar-refractivity contribution >= 4 is 0 Å². The number of rotatable bonds is 1. The molecule has 1 aromatic rings. The van der Waals surface area contributed by atoms with Crippen molar-refractivity contribution in [3.63, 3.8) is 0 Å². The first-order chi connectivity index (χ1) is 8.41. The van der Waals surface area contributed by atoms with Crippen LogP contribution < -0.4 is 5.32 Å². The largest absolute Gasteiger partial charge is 0.504 e. The highest BCUT2D eigenvalue weighted by molar-refractivity contribution is 5.52. The average molecular weight is 261 g/mol. The minimum absolute atomic E-state index is 0.199. The van der Waals surface area contributed by atoms with Gasteiger partial charge in [0.05, 0.1) is 5.56 Å². The predicted molar refractivity (Wildman–Crippen MR) is 59.6 cm³/mol. The van der Waals surface area contributed by atoms with Gasteiger partial charge in [-0.1, -0.05) is 0 Å². The van der Waals surface area contributed by atoms with Gasteiger partial charge in [0.2, 0.25) is 0 Å². The van der Waals surface area contributed by atoms with E-state index in [1.54, 1.807) is 0 Å². The smallest absolute Gasteiger partial charge is 0.416 e. The van der Waals surface area contributed by atoms with Crippen LogP contribution in [0.4, 0.5) is 13.2 Å². The van der Waals surface area contributed by atoms with Gasteiger partial charge in [0.25, 0.3) is 0 Å². The minimum atomic E-state index is -4.53. The lowest BCUT2D eigenvalue weighted by Crippen LogP contribution is -2.29. The molecule has 1 aliphatic heterocycles. The zero-order valence-electron chi connectivity index (χ0n) is 9.59. The monoisotopic (exact) mass is 261 g/mol. The van der Waals surface area contributed by atoms with Crippen LogP contribution in [0.25, 0.3) is 0 Å². The Hall–Kier alpha value is -1.43. The molecule has 1 aliphatic rings. The molecule has 3 nitrogen and oxygen atoms in total. The van der Waals surface area contributed by atoms with Crippen LogP contribution in [0.2, 0.25) is 0 Å². The van der Waals surface area contributed by atoms with E-state index >= 15 is 0 Å². The highest BCUT2D eigenvalue weighted by atomic mass is 19.4. The van der Waals surface area contributed by atoms with E-state index < -0.39 is 29.2 Å². The number of aromatic hydroxyl groups is 2. The number of halogens is 3. The topological polar surface area (TPSA) is 52.5 Å². The quantitative estimate of drug-likeness (QED) is 0.681. The maximum absolute atomic E-state index is 12.9. The summed E-state index contributed by atoms with van der Waals surface area (Å²) in [7, 11) is 0. The lowest BCUT2D eigenvalue weighted by Gasteiger charge is -2.26. The van der Waals surface area contributed by atoms with E-state index in [0.717, 1.165) is 25.1 Å². The van der Waals surface area contributed by atoms with Crippen LogP contribution in [-0.4, -0.2) is 23.3 Å². The molecule has 1 saturated heterocycles. The maximum atomic E-state index is 12.9. The van der Waals surface area contributed by atoms with Crippen LogP contribution >= 0.6 is 0 Å². The van der Waals surface area contributed by atoms with Crippen molar-refractivity contribution in [3.05, 3.63) is 23.3 Å². The summed E-state index contributed by atoms with van der Waals surface area (Å²) in [5.41, 5.74) is -1.07. The number of piperidine rings is 1. The predicted octanol–water partition coefficient (Wildman–Crippen LogP) is 2.58. The molecule has 6 heteroatoms. The minimum Gasteiger partial charge on any atom is -0.504 e. The number of hydrogen-bond acceptors (Lipinski definition) is 3. The Labute approximate surface area is 102 Å². The van der Waals surface area contributed by atoms with Crippen LogP contribution in [0.5, 0.6) is 11.5 Å². The van der Waals surface area contributed by atoms with Gasteiger partial charge in [-0.2, -0.15) is 13.2 Å². The molecule has 18 heavy (non-hydrogen) atoms. The molecule has 2 rings (SSSR count). The first kappa shape index (κ1) is 13.0. The van der Waals surface area contributed by atoms with Crippen molar-refractivity contribution in [3.8, 4) is 11.5 Å². The summed E-state index contributed by atoms with van der Waals surface area (Å²) in [6.07, 6.45) is -3.22. The van der Waals surface area contributed by atoms with E-state index in [4.69, 9.17) is 0 Å². The SMILES string of the molecule is Oc1ccc(C(F)(F)F)c(C2CCCNC2)c1O. The molecule has 0 aromatic heterocycles. The molecule has 3 N–H and O–H groups in total. The molecule has 0 spiro atoms. The summed E-state index contributed by atoms with van der Waals surface area (Å²) in [6.45, 7) is 1.14. The Morgan fingerprint density at radius 1 is 1.22 bits per heavy atom. The Morgan fingerprint density at radius 2 is 1.94 bits per heavy atom. The molecule has 0 aliphatic carbocycles. The standard InChI is InChI=1S/C12H14F3NO2/c13-12(14,15)8-3-4-9(17)11(18)10(8)7-2-1-5-16-6-7/h3-4,7,16-18H,1-2,5-6H2. The fourth-order valence-electron chi connectivity index (χ4n) is 2.36. The van der Waals surface area contributed by atoms with Crippen molar-refractivity contribution in [2.24, 2.45) is 0 Å². The Balaban J connectivity index is 2.50. The number of phenolic OH excluding ortho intramolecular Hbond substituents is 2. The molecule has 1 unspecified atom stereocenters. The van der Waals surface area contributed by atoms with Crippen LogP contribution in [-0.2, 0) is 6.18 Å². The van der Waals surface area contributed by atoms with Crippen LogP contribution in [0.1, 0.15) is 29.9 Å². The van der Waals surface area contributed by atoms with Crippen molar-refractivity contribution in [2.75, 3.05) is 13.1 Å². The third kappa shape index (κ3) is 2.38. The number of phenols is 2. The summed E-state index contributed by atoms with van der Waals surface area (Å²) in [5, 5.41) is 22.1. The van der Waals surface area contributed by atoms with Crippen LogP contribution in [0, 0.1) is 0 Å². The Kier molecular flexibility index (Phi) is 3.38. The van der Waals surface area contributed by atoms with Gasteiger partial charge in [0, 0.05) is 18.0 Å². The molecule has 0 saturated carbocycles. The highest BCUT2D eigenvalue weighted by Crippen LogP contribution is 2.44. The van der Waals surface area contributed by atoms with E-state index in [9.17, 15) is 23.4 Å². The van der Waals surface area contributed by atoms with Crippen molar-refractivity contribution < 1.29 is 23.4 Å². The van der Waals surface area contributed by atoms with Gasteiger partial charge in [-0.15, -0.1) is 0 Å². The molecule has 1 atom stereocenters. The highest BCUT2D eigenvalue weighted by Gasteiger charge is 2.37. The molecule has 1 fully saturated rings. The third-order valence-electron chi connectivity index (χ3n) is 3.21.